The predicted molar refractivity (Wildman–Crippen MR) is 55.8 cm³/mol. The van der Waals surface area contributed by atoms with E-state index in [1.807, 2.05) is 0 Å². The Hall–Kier alpha value is -1.28. The topological polar surface area (TPSA) is 77.3 Å². The van der Waals surface area contributed by atoms with E-state index in [1.165, 1.54) is 6.92 Å². The van der Waals surface area contributed by atoms with Gasteiger partial charge >= 0.3 is 0 Å². The van der Waals surface area contributed by atoms with Gasteiger partial charge in [-0.1, -0.05) is 0 Å². The molecule has 0 atom stereocenters. The van der Waals surface area contributed by atoms with Crippen molar-refractivity contribution in [2.75, 3.05) is 0 Å². The molecule has 94 valence electrons. The van der Waals surface area contributed by atoms with Crippen molar-refractivity contribution in [3.63, 3.8) is 0 Å². The number of nitrogens with zero attached hydrogens (tertiary/aromatic N) is 1. The van der Waals surface area contributed by atoms with E-state index in [1.54, 1.807) is 0 Å². The standard InChI is InChI=1S/C8H6ClF2NO4S/c1-4-2-5(12(13)14)7(8(10)11)6(3-4)17(9,15)16/h2-3,8H,1H3. The van der Waals surface area contributed by atoms with Crippen molar-refractivity contribution >= 4 is 25.4 Å². The molecule has 1 aromatic carbocycles. The van der Waals surface area contributed by atoms with E-state index in [0.717, 1.165) is 12.1 Å². The minimum absolute atomic E-state index is 0.153. The third-order valence-electron chi connectivity index (χ3n) is 1.94. The number of nitro benzene ring substituents is 1. The van der Waals surface area contributed by atoms with Gasteiger partial charge in [0, 0.05) is 16.7 Å². The largest absolute Gasteiger partial charge is 0.279 e. The number of nitro groups is 1. The van der Waals surface area contributed by atoms with Gasteiger partial charge < -0.3 is 0 Å². The van der Waals surface area contributed by atoms with Gasteiger partial charge in [0.15, 0.2) is 0 Å². The summed E-state index contributed by atoms with van der Waals surface area (Å²) >= 11 is 0. The van der Waals surface area contributed by atoms with Crippen LogP contribution in [0.15, 0.2) is 17.0 Å². The van der Waals surface area contributed by atoms with Crippen molar-refractivity contribution in [2.45, 2.75) is 18.2 Å². The summed E-state index contributed by atoms with van der Waals surface area (Å²) in [6.45, 7) is 1.34. The third-order valence-corrected chi connectivity index (χ3v) is 3.30. The van der Waals surface area contributed by atoms with Gasteiger partial charge in [-0.3, -0.25) is 10.1 Å². The van der Waals surface area contributed by atoms with Gasteiger partial charge in [0.2, 0.25) is 0 Å². The van der Waals surface area contributed by atoms with Crippen LogP contribution in [0.1, 0.15) is 17.6 Å². The minimum atomic E-state index is -4.47. The zero-order valence-corrected chi connectivity index (χ0v) is 9.93. The van der Waals surface area contributed by atoms with E-state index in [4.69, 9.17) is 10.7 Å². The maximum Gasteiger partial charge on any atom is 0.279 e. The number of hydrogen-bond acceptors (Lipinski definition) is 4. The molecule has 0 spiro atoms. The van der Waals surface area contributed by atoms with Crippen LogP contribution in [-0.2, 0) is 9.05 Å². The van der Waals surface area contributed by atoms with Gasteiger partial charge in [0.05, 0.1) is 9.82 Å². The summed E-state index contributed by atoms with van der Waals surface area (Å²) < 4.78 is 47.6. The van der Waals surface area contributed by atoms with Gasteiger partial charge in [0.25, 0.3) is 21.2 Å². The first-order valence-electron chi connectivity index (χ1n) is 4.16. The first-order chi connectivity index (χ1) is 7.64. The van der Waals surface area contributed by atoms with Crippen LogP contribution in [0.4, 0.5) is 14.5 Å². The Morgan fingerprint density at radius 3 is 2.29 bits per heavy atom. The van der Waals surface area contributed by atoms with Gasteiger partial charge in [-0.2, -0.15) is 0 Å². The predicted octanol–water partition coefficient (Wildman–Crippen LogP) is 2.77. The van der Waals surface area contributed by atoms with E-state index < -0.39 is 36.5 Å². The molecule has 0 radical (unpaired) electrons. The summed E-state index contributed by atoms with van der Waals surface area (Å²) in [4.78, 5) is 8.59. The maximum atomic E-state index is 12.7. The number of benzene rings is 1. The van der Waals surface area contributed by atoms with E-state index in [-0.39, 0.29) is 5.56 Å². The van der Waals surface area contributed by atoms with Crippen molar-refractivity contribution in [1.29, 1.82) is 0 Å². The Kier molecular flexibility index (Phi) is 3.68. The van der Waals surface area contributed by atoms with Crippen molar-refractivity contribution in [2.24, 2.45) is 0 Å². The molecule has 0 saturated carbocycles. The first-order valence-corrected chi connectivity index (χ1v) is 6.47. The minimum Gasteiger partial charge on any atom is -0.258 e. The molecule has 0 saturated heterocycles. The quantitative estimate of drug-likeness (QED) is 0.486. The van der Waals surface area contributed by atoms with E-state index >= 15 is 0 Å². The maximum absolute atomic E-state index is 12.7. The number of rotatable bonds is 3. The first kappa shape index (κ1) is 13.8. The zero-order valence-electron chi connectivity index (χ0n) is 8.35. The van der Waals surface area contributed by atoms with Crippen LogP contribution in [0.3, 0.4) is 0 Å². The van der Waals surface area contributed by atoms with Crippen molar-refractivity contribution < 1.29 is 22.1 Å². The fourth-order valence-electron chi connectivity index (χ4n) is 1.32. The Bertz CT molecular complexity index is 573. The second-order valence-electron chi connectivity index (χ2n) is 3.19. The Labute approximate surface area is 99.6 Å². The van der Waals surface area contributed by atoms with Crippen LogP contribution in [-0.4, -0.2) is 13.3 Å². The smallest absolute Gasteiger partial charge is 0.258 e. The Balaban J connectivity index is 3.77. The fourth-order valence-corrected chi connectivity index (χ4v) is 2.48. The molecular weight excluding hydrogens is 280 g/mol. The van der Waals surface area contributed by atoms with Gasteiger partial charge in [-0.05, 0) is 18.6 Å². The number of hydrogen-bond donors (Lipinski definition) is 0. The second kappa shape index (κ2) is 4.53. The lowest BCUT2D eigenvalue weighted by atomic mass is 10.1. The highest BCUT2D eigenvalue weighted by molar-refractivity contribution is 8.13. The van der Waals surface area contributed by atoms with Crippen LogP contribution >= 0.6 is 10.7 Å². The van der Waals surface area contributed by atoms with Gasteiger partial charge in [-0.25, -0.2) is 17.2 Å². The molecule has 0 amide bonds. The summed E-state index contributed by atoms with van der Waals surface area (Å²) in [6.07, 6.45) is -3.31. The summed E-state index contributed by atoms with van der Waals surface area (Å²) in [5.74, 6) is 0. The molecule has 1 aromatic rings. The lowest BCUT2D eigenvalue weighted by Gasteiger charge is -2.07. The van der Waals surface area contributed by atoms with Crippen LogP contribution in [0, 0.1) is 17.0 Å². The molecule has 0 heterocycles. The monoisotopic (exact) mass is 285 g/mol. The summed E-state index contributed by atoms with van der Waals surface area (Å²) in [5.41, 5.74) is -1.99. The Morgan fingerprint density at radius 1 is 1.41 bits per heavy atom. The van der Waals surface area contributed by atoms with Crippen LogP contribution in [0.2, 0.25) is 0 Å². The average Bonchev–Trinajstić information content (AvgIpc) is 2.14. The molecule has 9 heteroatoms. The van der Waals surface area contributed by atoms with Crippen LogP contribution in [0.25, 0.3) is 0 Å². The van der Waals surface area contributed by atoms with Gasteiger partial charge in [0.1, 0.15) is 5.56 Å². The summed E-state index contributed by atoms with van der Waals surface area (Å²) in [7, 11) is 0.503. The lowest BCUT2D eigenvalue weighted by molar-refractivity contribution is -0.386. The molecule has 0 unspecified atom stereocenters. The van der Waals surface area contributed by atoms with Crippen LogP contribution < -0.4 is 0 Å². The molecule has 1 rings (SSSR count). The average molecular weight is 286 g/mol. The molecule has 0 fully saturated rings. The van der Waals surface area contributed by atoms with E-state index in [9.17, 15) is 27.3 Å². The molecule has 0 bridgehead atoms. The molecule has 0 aliphatic heterocycles. The molecule has 17 heavy (non-hydrogen) atoms. The normalized spacial score (nSPS) is 11.8. The fraction of sp³-hybridized carbons (Fsp3) is 0.250. The number of alkyl halides is 2. The molecule has 0 aromatic heterocycles. The van der Waals surface area contributed by atoms with Crippen molar-refractivity contribution in [3.8, 4) is 0 Å². The Morgan fingerprint density at radius 2 is 1.94 bits per heavy atom. The third kappa shape index (κ3) is 2.89. The van der Waals surface area contributed by atoms with Crippen molar-refractivity contribution in [1.82, 2.24) is 0 Å². The summed E-state index contributed by atoms with van der Waals surface area (Å²) in [6, 6.07) is 1.74. The van der Waals surface area contributed by atoms with E-state index in [2.05, 4.69) is 0 Å². The van der Waals surface area contributed by atoms with Crippen LogP contribution in [0.5, 0.6) is 0 Å². The molecular formula is C8H6ClF2NO4S. The van der Waals surface area contributed by atoms with Crippen molar-refractivity contribution in [3.05, 3.63) is 33.4 Å². The molecule has 0 aliphatic carbocycles. The van der Waals surface area contributed by atoms with Gasteiger partial charge in [-0.15, -0.1) is 0 Å². The molecule has 0 aliphatic rings. The zero-order chi connectivity index (χ0) is 13.4. The number of aryl methyl sites for hydroxylation is 1. The second-order valence-corrected chi connectivity index (χ2v) is 5.73. The summed E-state index contributed by atoms with van der Waals surface area (Å²) in [5, 5.41) is 10.6. The van der Waals surface area contributed by atoms with E-state index in [0.29, 0.717) is 0 Å². The molecule has 0 N–H and O–H groups in total. The lowest BCUT2D eigenvalue weighted by Crippen LogP contribution is -2.04. The number of halogens is 3. The SMILES string of the molecule is Cc1cc([N+](=O)[O-])c(C(F)F)c(S(=O)(=O)Cl)c1. The highest BCUT2D eigenvalue weighted by atomic mass is 35.7. The molecule has 5 nitrogen and oxygen atoms in total. The highest BCUT2D eigenvalue weighted by Crippen LogP contribution is 2.36. The highest BCUT2D eigenvalue weighted by Gasteiger charge is 2.31.